The molecule has 1 aromatic rings. The molecule has 6 heteroatoms. The second-order valence-corrected chi connectivity index (χ2v) is 1.46. The van der Waals surface area contributed by atoms with Crippen molar-refractivity contribution in [3.8, 4) is 6.26 Å². The molecule has 0 fully saturated rings. The minimum absolute atomic E-state index is 0.750. The van der Waals surface area contributed by atoms with E-state index < -0.39 is 0 Å². The monoisotopic (exact) mass is 207 g/mol. The predicted molar refractivity (Wildman–Crippen MR) is 50.8 cm³/mol. The predicted octanol–water partition coefficient (Wildman–Crippen LogP) is 1.33. The van der Waals surface area contributed by atoms with Crippen LogP contribution in [0.3, 0.4) is 0 Å². The number of benzene rings is 1. The summed E-state index contributed by atoms with van der Waals surface area (Å²) >= 11 is 0. The summed E-state index contributed by atoms with van der Waals surface area (Å²) < 4.78 is 0. The zero-order chi connectivity index (χ0) is 12.4. The molecule has 0 atom stereocenters. The number of nitrogens with one attached hydrogen (secondary N) is 2. The third kappa shape index (κ3) is 90.6. The second-order valence-electron chi connectivity index (χ2n) is 1.46. The van der Waals surface area contributed by atoms with E-state index in [9.17, 15) is 0 Å². The summed E-state index contributed by atoms with van der Waals surface area (Å²) in [5.41, 5.74) is 0. The Morgan fingerprint density at radius 3 is 1.00 bits per heavy atom. The van der Waals surface area contributed by atoms with Gasteiger partial charge in [0.25, 0.3) is 6.26 Å². The molecule has 0 aliphatic heterocycles. The van der Waals surface area contributed by atoms with Crippen LogP contribution in [0.1, 0.15) is 0 Å². The molecule has 0 aromatic heterocycles. The van der Waals surface area contributed by atoms with Crippen molar-refractivity contribution in [3.05, 3.63) is 36.4 Å². The van der Waals surface area contributed by atoms with Crippen LogP contribution in [0.4, 0.5) is 0 Å². The standard InChI is InChI=1S/C6H6.3CHNO/c1-2-4-6-5-3-1;3*2-1-3/h1-6H;3H;2*2H. The fourth-order valence-corrected chi connectivity index (χ4v) is 0.385. The van der Waals surface area contributed by atoms with Crippen molar-refractivity contribution in [3.63, 3.8) is 0 Å². The van der Waals surface area contributed by atoms with Crippen molar-refractivity contribution in [1.29, 1.82) is 16.1 Å². The molecule has 0 amide bonds. The Morgan fingerprint density at radius 1 is 0.867 bits per heavy atom. The molecule has 0 radical (unpaired) electrons. The SMILES string of the molecule is N#CO.N=C=O.N=C=O.c1ccccc1. The van der Waals surface area contributed by atoms with E-state index in [1.807, 2.05) is 36.4 Å². The average molecular weight is 207 g/mol. The normalized spacial score (nSPS) is 4.73. The molecular weight excluding hydrogens is 198 g/mol. The molecule has 0 heterocycles. The first-order chi connectivity index (χ1) is 7.24. The quantitative estimate of drug-likeness (QED) is 0.337. The molecule has 6 nitrogen and oxygen atoms in total. The lowest BCUT2D eigenvalue weighted by molar-refractivity contribution is 0.503. The van der Waals surface area contributed by atoms with E-state index in [4.69, 9.17) is 30.8 Å². The number of carbonyl (C=O) groups excluding carboxylic acids is 2. The number of nitriles is 1. The third-order valence-corrected chi connectivity index (χ3v) is 0.667. The zero-order valence-electron chi connectivity index (χ0n) is 7.68. The minimum atomic E-state index is 0.750. The van der Waals surface area contributed by atoms with Crippen LogP contribution in [-0.4, -0.2) is 17.3 Å². The van der Waals surface area contributed by atoms with Crippen molar-refractivity contribution in [1.82, 2.24) is 0 Å². The highest BCUT2D eigenvalue weighted by Crippen LogP contribution is 1.79. The Bertz CT molecular complexity index is 268. The van der Waals surface area contributed by atoms with E-state index in [0.29, 0.717) is 0 Å². The number of isocyanates is 2. The maximum atomic E-state index is 8.35. The topological polar surface area (TPSA) is 126 Å². The fraction of sp³-hybridized carbons (Fsp3) is 0. The maximum absolute atomic E-state index is 8.35. The summed E-state index contributed by atoms with van der Waals surface area (Å²) in [6.07, 6.45) is 2.25. The summed E-state index contributed by atoms with van der Waals surface area (Å²) in [6.45, 7) is 0. The molecule has 1 rings (SSSR count). The summed E-state index contributed by atoms with van der Waals surface area (Å²) in [6, 6.07) is 12.0. The Labute approximate surface area is 86.4 Å². The smallest absolute Gasteiger partial charge is 0.283 e. The number of hydrogen-bond donors (Lipinski definition) is 3. The van der Waals surface area contributed by atoms with Crippen LogP contribution >= 0.6 is 0 Å². The van der Waals surface area contributed by atoms with Crippen LogP contribution in [0.2, 0.25) is 0 Å². The van der Waals surface area contributed by atoms with Gasteiger partial charge in [0, 0.05) is 0 Å². The molecule has 0 saturated carbocycles. The highest BCUT2D eigenvalue weighted by molar-refractivity contribution is 5.26. The van der Waals surface area contributed by atoms with Crippen molar-refractivity contribution in [2.75, 3.05) is 0 Å². The van der Waals surface area contributed by atoms with Gasteiger partial charge in [-0.3, -0.25) is 0 Å². The van der Waals surface area contributed by atoms with Crippen LogP contribution in [0.15, 0.2) is 36.4 Å². The Morgan fingerprint density at radius 2 is 0.933 bits per heavy atom. The van der Waals surface area contributed by atoms with Gasteiger partial charge in [0.2, 0.25) is 12.2 Å². The van der Waals surface area contributed by atoms with Gasteiger partial charge in [0.05, 0.1) is 0 Å². The van der Waals surface area contributed by atoms with Crippen molar-refractivity contribution in [2.45, 2.75) is 0 Å². The molecular formula is C9H9N3O3. The van der Waals surface area contributed by atoms with E-state index >= 15 is 0 Å². The number of aliphatic hydroxyl groups excluding tert-OH is 1. The lowest BCUT2D eigenvalue weighted by atomic mass is 10.4. The second kappa shape index (κ2) is 30.2. The van der Waals surface area contributed by atoms with Crippen LogP contribution < -0.4 is 0 Å². The van der Waals surface area contributed by atoms with Gasteiger partial charge in [-0.1, -0.05) is 36.4 Å². The number of hydrogen-bond acceptors (Lipinski definition) is 6. The molecule has 15 heavy (non-hydrogen) atoms. The van der Waals surface area contributed by atoms with Gasteiger partial charge in [-0.25, -0.2) is 20.4 Å². The van der Waals surface area contributed by atoms with Crippen molar-refractivity contribution in [2.24, 2.45) is 0 Å². The van der Waals surface area contributed by atoms with Crippen molar-refractivity contribution >= 4 is 12.2 Å². The number of nitrogens with zero attached hydrogens (tertiary/aromatic N) is 1. The molecule has 0 aliphatic carbocycles. The number of aliphatic hydroxyl groups is 1. The number of rotatable bonds is 0. The van der Waals surface area contributed by atoms with E-state index in [1.165, 1.54) is 0 Å². The van der Waals surface area contributed by atoms with Gasteiger partial charge in [0.15, 0.2) is 0 Å². The van der Waals surface area contributed by atoms with Crippen LogP contribution in [0, 0.1) is 22.3 Å². The van der Waals surface area contributed by atoms with Gasteiger partial charge in [-0.2, -0.15) is 5.26 Å². The Hall–Kier alpha value is -2.73. The molecule has 78 valence electrons. The van der Waals surface area contributed by atoms with Gasteiger partial charge < -0.3 is 5.11 Å². The van der Waals surface area contributed by atoms with Crippen LogP contribution in [0.25, 0.3) is 0 Å². The maximum Gasteiger partial charge on any atom is 0.283 e. The summed E-state index contributed by atoms with van der Waals surface area (Å²) in [5.74, 6) is 0. The molecule has 0 aliphatic rings. The Kier molecular flexibility index (Phi) is 36.6. The molecule has 0 saturated heterocycles. The van der Waals surface area contributed by atoms with Crippen LogP contribution in [-0.2, 0) is 9.59 Å². The van der Waals surface area contributed by atoms with E-state index in [-0.39, 0.29) is 0 Å². The van der Waals surface area contributed by atoms with Gasteiger partial charge in [0.1, 0.15) is 0 Å². The first-order valence-corrected chi connectivity index (χ1v) is 3.36. The van der Waals surface area contributed by atoms with E-state index in [0.717, 1.165) is 18.4 Å². The molecule has 0 bridgehead atoms. The molecule has 1 aromatic carbocycles. The first kappa shape index (κ1) is 18.1. The Balaban J connectivity index is -0.000000140. The van der Waals surface area contributed by atoms with Gasteiger partial charge in [-0.05, 0) is 0 Å². The summed E-state index contributed by atoms with van der Waals surface area (Å²) in [5, 5.41) is 24.6. The third-order valence-electron chi connectivity index (χ3n) is 0.667. The highest BCUT2D eigenvalue weighted by Gasteiger charge is 1.57. The summed E-state index contributed by atoms with van der Waals surface area (Å²) in [7, 11) is 0. The van der Waals surface area contributed by atoms with E-state index in [1.54, 1.807) is 0 Å². The fourth-order valence-electron chi connectivity index (χ4n) is 0.385. The van der Waals surface area contributed by atoms with Gasteiger partial charge in [-0.15, -0.1) is 0 Å². The minimum Gasteiger partial charge on any atom is -0.443 e. The lowest BCUT2D eigenvalue weighted by Crippen LogP contribution is -1.47. The molecule has 0 spiro atoms. The first-order valence-electron chi connectivity index (χ1n) is 3.36. The lowest BCUT2D eigenvalue weighted by Gasteiger charge is -1.69. The molecule has 0 unspecified atom stereocenters. The van der Waals surface area contributed by atoms with Crippen molar-refractivity contribution < 1.29 is 14.7 Å². The summed E-state index contributed by atoms with van der Waals surface area (Å²) in [4.78, 5) is 16.7. The average Bonchev–Trinajstić information content (AvgIpc) is 2.24. The highest BCUT2D eigenvalue weighted by atomic mass is 16.2. The van der Waals surface area contributed by atoms with E-state index in [2.05, 4.69) is 0 Å². The largest absolute Gasteiger partial charge is 0.443 e. The van der Waals surface area contributed by atoms with Gasteiger partial charge >= 0.3 is 0 Å². The zero-order valence-corrected chi connectivity index (χ0v) is 7.68. The van der Waals surface area contributed by atoms with Crippen LogP contribution in [0.5, 0.6) is 0 Å². The molecule has 3 N–H and O–H groups in total.